The van der Waals surface area contributed by atoms with Gasteiger partial charge in [0.25, 0.3) is 5.88 Å². The van der Waals surface area contributed by atoms with Gasteiger partial charge in [-0.05, 0) is 42.9 Å². The van der Waals surface area contributed by atoms with Crippen molar-refractivity contribution in [3.63, 3.8) is 0 Å². The highest BCUT2D eigenvalue weighted by molar-refractivity contribution is 6.30. The second-order valence-electron chi connectivity index (χ2n) is 7.97. The van der Waals surface area contributed by atoms with Crippen molar-refractivity contribution >= 4 is 17.2 Å². The topological polar surface area (TPSA) is 62.1 Å². The van der Waals surface area contributed by atoms with Crippen molar-refractivity contribution in [1.29, 1.82) is 0 Å². The molecule has 2 heterocycles. The quantitative estimate of drug-likeness (QED) is 0.423. The Morgan fingerprint density at radius 1 is 1.21 bits per heavy atom. The van der Waals surface area contributed by atoms with E-state index in [9.17, 15) is 8.78 Å². The van der Waals surface area contributed by atoms with Crippen molar-refractivity contribution < 1.29 is 18.3 Å². The Bertz CT molecular complexity index is 1140. The van der Waals surface area contributed by atoms with Crippen molar-refractivity contribution in [3.8, 4) is 5.88 Å². The lowest BCUT2D eigenvalue weighted by Crippen LogP contribution is -2.15. The van der Waals surface area contributed by atoms with E-state index >= 15 is 0 Å². The first kappa shape index (κ1) is 23.3. The molecule has 0 N–H and O–H groups in total. The van der Waals surface area contributed by atoms with Crippen LogP contribution in [0.3, 0.4) is 0 Å². The van der Waals surface area contributed by atoms with Gasteiger partial charge in [-0.15, -0.1) is 0 Å². The zero-order valence-corrected chi connectivity index (χ0v) is 19.1. The lowest BCUT2D eigenvalue weighted by molar-refractivity contribution is 0.186. The van der Waals surface area contributed by atoms with E-state index in [2.05, 4.69) is 25.6 Å². The predicted molar refractivity (Wildman–Crippen MR) is 121 cm³/mol. The minimum absolute atomic E-state index is 0.160. The molecule has 1 aromatic carbocycles. The number of aromatic nitrogens is 4. The molecule has 0 saturated carbocycles. The normalized spacial score (nSPS) is 16.0. The third kappa shape index (κ3) is 5.94. The molecule has 3 aromatic rings. The molecule has 0 radical (unpaired) electrons. The van der Waals surface area contributed by atoms with Gasteiger partial charge < -0.3 is 14.0 Å². The summed E-state index contributed by atoms with van der Waals surface area (Å²) in [6.45, 7) is 1.27. The third-order valence-electron chi connectivity index (χ3n) is 5.71. The summed E-state index contributed by atoms with van der Waals surface area (Å²) >= 11 is 5.77. The molecule has 1 unspecified atom stereocenters. The van der Waals surface area contributed by atoms with Crippen molar-refractivity contribution in [3.05, 3.63) is 76.7 Å². The standard InChI is InChI=1S/C24H25ClF2N4O2/c1-32-11-10-31-9-8-28-22(31)12-16-2-4-17(5-3-16)23-29-14-21(27)24(30-23)33-15-18-6-7-19(25)13-20(18)26/h4,6-9,13-14,16H,2-3,5,10-12,15H2,1H3. The van der Waals surface area contributed by atoms with E-state index in [1.807, 2.05) is 12.4 Å². The number of hydrogen-bond acceptors (Lipinski definition) is 5. The highest BCUT2D eigenvalue weighted by atomic mass is 35.5. The Hall–Kier alpha value is -2.84. The average Bonchev–Trinajstić information content (AvgIpc) is 3.25. The largest absolute Gasteiger partial charge is 0.471 e. The van der Waals surface area contributed by atoms with Crippen LogP contribution >= 0.6 is 11.6 Å². The minimum Gasteiger partial charge on any atom is -0.471 e. The maximum absolute atomic E-state index is 14.2. The second kappa shape index (κ2) is 10.9. The first-order valence-corrected chi connectivity index (χ1v) is 11.2. The molecule has 174 valence electrons. The second-order valence-corrected chi connectivity index (χ2v) is 8.41. The summed E-state index contributed by atoms with van der Waals surface area (Å²) in [7, 11) is 1.69. The maximum Gasteiger partial charge on any atom is 0.254 e. The van der Waals surface area contributed by atoms with Crippen LogP contribution in [0.1, 0.15) is 36.5 Å². The molecule has 33 heavy (non-hydrogen) atoms. The van der Waals surface area contributed by atoms with Crippen LogP contribution in [0.25, 0.3) is 5.57 Å². The van der Waals surface area contributed by atoms with Crippen LogP contribution < -0.4 is 4.74 Å². The monoisotopic (exact) mass is 474 g/mol. The van der Waals surface area contributed by atoms with E-state index in [0.717, 1.165) is 49.8 Å². The Kier molecular flexibility index (Phi) is 7.67. The van der Waals surface area contributed by atoms with Crippen LogP contribution in [0, 0.1) is 17.6 Å². The summed E-state index contributed by atoms with van der Waals surface area (Å²) in [6, 6.07) is 4.25. The van der Waals surface area contributed by atoms with Gasteiger partial charge in [-0.1, -0.05) is 23.7 Å². The smallest absolute Gasteiger partial charge is 0.254 e. The summed E-state index contributed by atoms with van der Waals surface area (Å²) < 4.78 is 40.9. The van der Waals surface area contributed by atoms with E-state index < -0.39 is 11.6 Å². The summed E-state index contributed by atoms with van der Waals surface area (Å²) in [5.41, 5.74) is 1.22. The van der Waals surface area contributed by atoms with Gasteiger partial charge in [0.15, 0.2) is 5.82 Å². The lowest BCUT2D eigenvalue weighted by Gasteiger charge is -2.21. The Morgan fingerprint density at radius 2 is 2.09 bits per heavy atom. The molecule has 9 heteroatoms. The molecule has 0 amide bonds. The average molecular weight is 475 g/mol. The van der Waals surface area contributed by atoms with Crippen molar-refractivity contribution in [2.45, 2.75) is 38.8 Å². The van der Waals surface area contributed by atoms with Crippen LogP contribution in [0.4, 0.5) is 8.78 Å². The molecule has 0 aliphatic heterocycles. The zero-order chi connectivity index (χ0) is 23.2. The summed E-state index contributed by atoms with van der Waals surface area (Å²) in [5.74, 6) is 0.547. The van der Waals surface area contributed by atoms with Gasteiger partial charge in [0, 0.05) is 43.1 Å². The van der Waals surface area contributed by atoms with E-state index in [-0.39, 0.29) is 23.1 Å². The number of allylic oxidation sites excluding steroid dienone is 2. The molecule has 0 saturated heterocycles. The van der Waals surface area contributed by atoms with E-state index in [1.54, 1.807) is 13.2 Å². The number of nitrogens with zero attached hydrogens (tertiary/aromatic N) is 4. The Labute approximate surface area is 196 Å². The first-order valence-electron chi connectivity index (χ1n) is 10.8. The molecular formula is C24H25ClF2N4O2. The predicted octanol–water partition coefficient (Wildman–Crippen LogP) is 5.26. The lowest BCUT2D eigenvalue weighted by atomic mass is 9.87. The molecule has 0 bridgehead atoms. The van der Waals surface area contributed by atoms with Crippen LogP contribution in [0.15, 0.2) is 42.9 Å². The first-order chi connectivity index (χ1) is 16.0. The molecule has 1 aliphatic carbocycles. The van der Waals surface area contributed by atoms with Gasteiger partial charge >= 0.3 is 0 Å². The van der Waals surface area contributed by atoms with Crippen molar-refractivity contribution in [1.82, 2.24) is 19.5 Å². The summed E-state index contributed by atoms with van der Waals surface area (Å²) in [6.07, 6.45) is 10.5. The van der Waals surface area contributed by atoms with Crippen LogP contribution in [-0.4, -0.2) is 33.2 Å². The Balaban J connectivity index is 1.39. The summed E-state index contributed by atoms with van der Waals surface area (Å²) in [4.78, 5) is 12.9. The molecule has 1 atom stereocenters. The van der Waals surface area contributed by atoms with E-state index in [1.165, 1.54) is 12.1 Å². The SMILES string of the molecule is COCCn1ccnc1CC1CC=C(c2ncc(F)c(OCc3ccc(Cl)cc3F)n2)CC1. The molecule has 0 spiro atoms. The molecular weight excluding hydrogens is 450 g/mol. The number of halogens is 3. The van der Waals surface area contributed by atoms with E-state index in [4.69, 9.17) is 21.1 Å². The van der Waals surface area contributed by atoms with Crippen LogP contribution in [-0.2, 0) is 24.3 Å². The minimum atomic E-state index is -0.690. The summed E-state index contributed by atoms with van der Waals surface area (Å²) in [5, 5.41) is 0.285. The van der Waals surface area contributed by atoms with E-state index in [0.29, 0.717) is 18.3 Å². The fourth-order valence-electron chi connectivity index (χ4n) is 3.85. The molecule has 1 aliphatic rings. The van der Waals surface area contributed by atoms with Gasteiger partial charge in [0.05, 0.1) is 12.8 Å². The number of imidazole rings is 1. The van der Waals surface area contributed by atoms with Crippen molar-refractivity contribution in [2.24, 2.45) is 5.92 Å². The van der Waals surface area contributed by atoms with Gasteiger partial charge in [-0.2, -0.15) is 9.37 Å². The number of methoxy groups -OCH3 is 1. The fraction of sp³-hybridized carbons (Fsp3) is 0.375. The van der Waals surface area contributed by atoms with Gasteiger partial charge in [0.2, 0.25) is 5.82 Å². The number of benzene rings is 1. The molecule has 6 nitrogen and oxygen atoms in total. The van der Waals surface area contributed by atoms with Crippen LogP contribution in [0.2, 0.25) is 5.02 Å². The molecule has 2 aromatic heterocycles. The number of rotatable bonds is 9. The number of hydrogen-bond donors (Lipinski definition) is 0. The fourth-order valence-corrected chi connectivity index (χ4v) is 4.01. The molecule has 4 rings (SSSR count). The number of ether oxygens (including phenoxy) is 2. The van der Waals surface area contributed by atoms with Gasteiger partial charge in [0.1, 0.15) is 18.2 Å². The zero-order valence-electron chi connectivity index (χ0n) is 18.3. The Morgan fingerprint density at radius 3 is 2.85 bits per heavy atom. The van der Waals surface area contributed by atoms with Gasteiger partial charge in [-0.3, -0.25) is 0 Å². The molecule has 0 fully saturated rings. The van der Waals surface area contributed by atoms with Gasteiger partial charge in [-0.25, -0.2) is 14.4 Å². The highest BCUT2D eigenvalue weighted by Crippen LogP contribution is 2.31. The maximum atomic E-state index is 14.2. The van der Waals surface area contributed by atoms with Crippen LogP contribution in [0.5, 0.6) is 5.88 Å². The third-order valence-corrected chi connectivity index (χ3v) is 5.94. The van der Waals surface area contributed by atoms with Crippen molar-refractivity contribution in [2.75, 3.05) is 13.7 Å². The highest BCUT2D eigenvalue weighted by Gasteiger charge is 2.20.